The van der Waals surface area contributed by atoms with Gasteiger partial charge in [0.15, 0.2) is 0 Å². The van der Waals surface area contributed by atoms with Gasteiger partial charge in [0.25, 0.3) is 0 Å². The Labute approximate surface area is 152 Å². The van der Waals surface area contributed by atoms with Crippen LogP contribution in [0.15, 0.2) is 36.5 Å². The van der Waals surface area contributed by atoms with Crippen LogP contribution in [-0.4, -0.2) is 54.7 Å². The quantitative estimate of drug-likeness (QED) is 0.831. The van der Waals surface area contributed by atoms with Gasteiger partial charge in [-0.3, -0.25) is 14.7 Å². The van der Waals surface area contributed by atoms with Crippen molar-refractivity contribution in [3.05, 3.63) is 36.5 Å². The molecule has 0 saturated carbocycles. The van der Waals surface area contributed by atoms with E-state index in [-0.39, 0.29) is 5.91 Å². The second-order valence-electron chi connectivity index (χ2n) is 6.15. The van der Waals surface area contributed by atoms with Crippen molar-refractivity contribution < 1.29 is 19.1 Å². The number of rotatable bonds is 5. The minimum absolute atomic E-state index is 0.172. The molecule has 26 heavy (non-hydrogen) atoms. The summed E-state index contributed by atoms with van der Waals surface area (Å²) in [4.78, 5) is 30.1. The third-order valence-electron chi connectivity index (χ3n) is 4.47. The zero-order chi connectivity index (χ0) is 18.4. The summed E-state index contributed by atoms with van der Waals surface area (Å²) in [6.07, 6.45) is 3.72. The van der Waals surface area contributed by atoms with Gasteiger partial charge in [0.2, 0.25) is 5.91 Å². The molecule has 1 atom stereocenters. The van der Waals surface area contributed by atoms with E-state index in [9.17, 15) is 9.59 Å². The summed E-state index contributed by atoms with van der Waals surface area (Å²) in [7, 11) is 1.33. The number of carbonyl (C=O) groups is 2. The van der Waals surface area contributed by atoms with Crippen molar-refractivity contribution in [3.63, 3.8) is 0 Å². The smallest absolute Gasteiger partial charge is 0.410 e. The van der Waals surface area contributed by atoms with Gasteiger partial charge in [0.1, 0.15) is 23.9 Å². The van der Waals surface area contributed by atoms with Gasteiger partial charge in [0, 0.05) is 18.1 Å². The fourth-order valence-corrected chi connectivity index (χ4v) is 3.19. The number of amides is 2. The highest BCUT2D eigenvalue weighted by atomic mass is 16.5. The molecule has 7 nitrogen and oxygen atoms in total. The number of ether oxygens (including phenoxy) is 2. The lowest BCUT2D eigenvalue weighted by atomic mass is 10.0. The van der Waals surface area contributed by atoms with E-state index >= 15 is 0 Å². The molecule has 1 aromatic carbocycles. The van der Waals surface area contributed by atoms with Gasteiger partial charge in [-0.15, -0.1) is 0 Å². The molecule has 0 radical (unpaired) electrons. The number of pyridine rings is 1. The summed E-state index contributed by atoms with van der Waals surface area (Å²) in [6.45, 7) is 1.23. The van der Waals surface area contributed by atoms with Gasteiger partial charge < -0.3 is 14.8 Å². The molecule has 1 aliphatic rings. The number of fused-ring (bicyclic) bond motifs is 1. The predicted molar refractivity (Wildman–Crippen MR) is 97.0 cm³/mol. The summed E-state index contributed by atoms with van der Waals surface area (Å²) in [5, 5.41) is 3.85. The average molecular weight is 357 g/mol. The first-order valence-electron chi connectivity index (χ1n) is 8.79. The highest BCUT2D eigenvalue weighted by Gasteiger charge is 2.32. The standard InChI is InChI=1S/C19H23N3O4/c1-25-19(24)22-12-3-2-8-15(22)18(23)21-11-13-26-16-9-4-6-14-7-5-10-20-17(14)16/h4-7,9-10,15H,2-3,8,11-13H2,1H3,(H,21,23). The second kappa shape index (κ2) is 8.51. The lowest BCUT2D eigenvalue weighted by Gasteiger charge is -2.33. The third-order valence-corrected chi connectivity index (χ3v) is 4.47. The first-order valence-corrected chi connectivity index (χ1v) is 8.79. The summed E-state index contributed by atoms with van der Waals surface area (Å²) in [5.74, 6) is 0.515. The minimum atomic E-state index is -0.476. The fourth-order valence-electron chi connectivity index (χ4n) is 3.19. The number of methoxy groups -OCH3 is 1. The molecule has 3 rings (SSSR count). The van der Waals surface area contributed by atoms with Crippen molar-refractivity contribution in [3.8, 4) is 5.75 Å². The number of hydrogen-bond acceptors (Lipinski definition) is 5. The monoisotopic (exact) mass is 357 g/mol. The molecular weight excluding hydrogens is 334 g/mol. The van der Waals surface area contributed by atoms with E-state index in [1.807, 2.05) is 30.3 Å². The van der Waals surface area contributed by atoms with E-state index in [4.69, 9.17) is 9.47 Å². The van der Waals surface area contributed by atoms with E-state index in [1.54, 1.807) is 6.20 Å². The van der Waals surface area contributed by atoms with Gasteiger partial charge in [0.05, 0.1) is 13.7 Å². The minimum Gasteiger partial charge on any atom is -0.489 e. The molecule has 2 aromatic rings. The lowest BCUT2D eigenvalue weighted by molar-refractivity contribution is -0.127. The van der Waals surface area contributed by atoms with E-state index in [0.29, 0.717) is 31.9 Å². The molecule has 1 N–H and O–H groups in total. The van der Waals surface area contributed by atoms with Crippen LogP contribution in [0.1, 0.15) is 19.3 Å². The Morgan fingerprint density at radius 3 is 2.96 bits per heavy atom. The first-order chi connectivity index (χ1) is 12.7. The maximum absolute atomic E-state index is 12.4. The van der Waals surface area contributed by atoms with E-state index in [1.165, 1.54) is 12.0 Å². The molecule has 1 aliphatic heterocycles. The van der Waals surface area contributed by atoms with Crippen LogP contribution in [0.5, 0.6) is 5.75 Å². The first kappa shape index (κ1) is 18.0. The molecule has 0 spiro atoms. The van der Waals surface area contributed by atoms with Gasteiger partial charge in [-0.05, 0) is 31.4 Å². The van der Waals surface area contributed by atoms with E-state index < -0.39 is 12.1 Å². The predicted octanol–water partition coefficient (Wildman–Crippen LogP) is 2.35. The number of hydrogen-bond donors (Lipinski definition) is 1. The number of carbonyl (C=O) groups excluding carboxylic acids is 2. The number of benzene rings is 1. The SMILES string of the molecule is COC(=O)N1CCCCC1C(=O)NCCOc1cccc2cccnc12. The lowest BCUT2D eigenvalue weighted by Crippen LogP contribution is -2.52. The van der Waals surface area contributed by atoms with Crippen molar-refractivity contribution in [2.45, 2.75) is 25.3 Å². The van der Waals surface area contributed by atoms with Crippen LogP contribution >= 0.6 is 0 Å². The van der Waals surface area contributed by atoms with Crippen LogP contribution in [0.4, 0.5) is 4.79 Å². The topological polar surface area (TPSA) is 80.8 Å². The second-order valence-corrected chi connectivity index (χ2v) is 6.15. The summed E-state index contributed by atoms with van der Waals surface area (Å²) in [5.41, 5.74) is 0.797. The van der Waals surface area contributed by atoms with Crippen LogP contribution in [0, 0.1) is 0 Å². The number of piperidine rings is 1. The van der Waals surface area contributed by atoms with Crippen LogP contribution < -0.4 is 10.1 Å². The molecule has 1 saturated heterocycles. The van der Waals surface area contributed by atoms with Gasteiger partial charge in [-0.2, -0.15) is 0 Å². The Balaban J connectivity index is 1.52. The number of nitrogens with zero attached hydrogens (tertiary/aromatic N) is 2. The Kier molecular flexibility index (Phi) is 5.88. The van der Waals surface area contributed by atoms with Crippen LogP contribution in [0.3, 0.4) is 0 Å². The largest absolute Gasteiger partial charge is 0.489 e. The van der Waals surface area contributed by atoms with Crippen LogP contribution in [-0.2, 0) is 9.53 Å². The van der Waals surface area contributed by atoms with E-state index in [2.05, 4.69) is 10.3 Å². The Hall–Kier alpha value is -2.83. The van der Waals surface area contributed by atoms with Crippen molar-refractivity contribution in [2.24, 2.45) is 0 Å². The molecule has 138 valence electrons. The number of para-hydroxylation sites is 1. The Bertz CT molecular complexity index is 775. The summed E-state index contributed by atoms with van der Waals surface area (Å²) in [6, 6.07) is 9.12. The molecule has 7 heteroatoms. The van der Waals surface area contributed by atoms with Gasteiger partial charge in [-0.25, -0.2) is 4.79 Å². The average Bonchev–Trinajstić information content (AvgIpc) is 2.70. The highest BCUT2D eigenvalue weighted by molar-refractivity contribution is 5.86. The normalized spacial score (nSPS) is 17.0. The van der Waals surface area contributed by atoms with Crippen LogP contribution in [0.2, 0.25) is 0 Å². The number of nitrogens with one attached hydrogen (secondary N) is 1. The molecule has 2 amide bonds. The van der Waals surface area contributed by atoms with Gasteiger partial charge >= 0.3 is 6.09 Å². The molecule has 2 heterocycles. The maximum atomic E-state index is 12.4. The van der Waals surface area contributed by atoms with Crippen molar-refractivity contribution in [1.29, 1.82) is 0 Å². The number of likely N-dealkylation sites (tertiary alicyclic amines) is 1. The zero-order valence-electron chi connectivity index (χ0n) is 14.8. The highest BCUT2D eigenvalue weighted by Crippen LogP contribution is 2.22. The molecular formula is C19H23N3O4. The van der Waals surface area contributed by atoms with Crippen LogP contribution in [0.25, 0.3) is 10.9 Å². The molecule has 1 fully saturated rings. The van der Waals surface area contributed by atoms with Crippen molar-refractivity contribution in [2.75, 3.05) is 26.8 Å². The van der Waals surface area contributed by atoms with Crippen molar-refractivity contribution >= 4 is 22.9 Å². The van der Waals surface area contributed by atoms with E-state index in [0.717, 1.165) is 23.7 Å². The van der Waals surface area contributed by atoms with Gasteiger partial charge in [-0.1, -0.05) is 18.2 Å². The fraction of sp³-hybridized carbons (Fsp3) is 0.421. The molecule has 1 unspecified atom stereocenters. The Morgan fingerprint density at radius 2 is 2.12 bits per heavy atom. The van der Waals surface area contributed by atoms with Crippen molar-refractivity contribution in [1.82, 2.24) is 15.2 Å². The maximum Gasteiger partial charge on any atom is 0.410 e. The molecule has 0 bridgehead atoms. The number of aromatic nitrogens is 1. The molecule has 1 aromatic heterocycles. The Morgan fingerprint density at radius 1 is 1.27 bits per heavy atom. The molecule has 0 aliphatic carbocycles. The third kappa shape index (κ3) is 4.04. The summed E-state index contributed by atoms with van der Waals surface area (Å²) < 4.78 is 10.5. The zero-order valence-corrected chi connectivity index (χ0v) is 14.8. The summed E-state index contributed by atoms with van der Waals surface area (Å²) >= 11 is 0.